The predicted octanol–water partition coefficient (Wildman–Crippen LogP) is 4.09. The lowest BCUT2D eigenvalue weighted by Gasteiger charge is -2.11. The van der Waals surface area contributed by atoms with Crippen molar-refractivity contribution in [1.82, 2.24) is 0 Å². The van der Waals surface area contributed by atoms with E-state index in [4.69, 9.17) is 9.47 Å². The number of carbonyl (C=O) groups excluding carboxylic acids is 1. The van der Waals surface area contributed by atoms with Crippen LogP contribution in [0.4, 0.5) is 0 Å². The number of hydrogen-bond acceptors (Lipinski definition) is 3. The molecular weight excluding hydrogens is 276 g/mol. The Bertz CT molecular complexity index is 532. The number of ether oxygens (including phenoxy) is 2. The Morgan fingerprint density at radius 1 is 1.27 bits per heavy atom. The van der Waals surface area contributed by atoms with E-state index in [0.29, 0.717) is 6.61 Å². The summed E-state index contributed by atoms with van der Waals surface area (Å²) < 4.78 is 10.4. The lowest BCUT2D eigenvalue weighted by molar-refractivity contribution is -0.140. The van der Waals surface area contributed by atoms with Crippen molar-refractivity contribution in [2.75, 3.05) is 13.7 Å². The highest BCUT2D eigenvalue weighted by atomic mass is 16.5. The minimum absolute atomic E-state index is 0.143. The minimum atomic E-state index is -0.255. The fraction of sp³-hybridized carbons (Fsp3) is 0.421. The van der Waals surface area contributed by atoms with Crippen LogP contribution in [0, 0.1) is 11.8 Å². The summed E-state index contributed by atoms with van der Waals surface area (Å²) in [6.07, 6.45) is 6.63. The molecule has 0 saturated carbocycles. The lowest BCUT2D eigenvalue weighted by atomic mass is 9.96. The summed E-state index contributed by atoms with van der Waals surface area (Å²) in [5, 5.41) is 0. The maximum Gasteiger partial charge on any atom is 0.307 e. The van der Waals surface area contributed by atoms with Crippen LogP contribution in [0.5, 0.6) is 5.75 Å². The molecule has 118 valence electrons. The largest absolute Gasteiger partial charge is 0.490 e. The summed E-state index contributed by atoms with van der Waals surface area (Å²) in [7, 11) is 1.39. The van der Waals surface area contributed by atoms with Gasteiger partial charge in [-0.15, -0.1) is 5.92 Å². The standard InChI is InChI=1S/C19H24O3/c1-4-6-7-8-14-22-18-12-10-16(11-13-18)17(9-5-2)15-19(20)21-3/h7-8,10-13,17H,4,6,14-15H2,1-3H3/t17-/m0/s1. The first-order chi connectivity index (χ1) is 10.7. The van der Waals surface area contributed by atoms with Gasteiger partial charge >= 0.3 is 5.97 Å². The van der Waals surface area contributed by atoms with Crippen molar-refractivity contribution in [3.8, 4) is 17.6 Å². The zero-order valence-electron chi connectivity index (χ0n) is 13.6. The molecule has 0 fully saturated rings. The quantitative estimate of drug-likeness (QED) is 0.412. The fourth-order valence-electron chi connectivity index (χ4n) is 1.97. The second-order valence-electron chi connectivity index (χ2n) is 4.87. The summed E-state index contributed by atoms with van der Waals surface area (Å²) in [6, 6.07) is 7.71. The second-order valence-corrected chi connectivity index (χ2v) is 4.87. The molecule has 0 saturated heterocycles. The van der Waals surface area contributed by atoms with Gasteiger partial charge in [-0.25, -0.2) is 0 Å². The number of carbonyl (C=O) groups is 1. The van der Waals surface area contributed by atoms with Gasteiger partial charge in [-0.2, -0.15) is 0 Å². The Morgan fingerprint density at radius 2 is 2.00 bits per heavy atom. The van der Waals surface area contributed by atoms with E-state index in [2.05, 4.69) is 24.8 Å². The molecule has 0 aliphatic heterocycles. The minimum Gasteiger partial charge on any atom is -0.490 e. The molecule has 1 aromatic rings. The normalized spacial score (nSPS) is 11.6. The zero-order chi connectivity index (χ0) is 16.2. The topological polar surface area (TPSA) is 35.5 Å². The average Bonchev–Trinajstić information content (AvgIpc) is 2.54. The third kappa shape index (κ3) is 6.49. The smallest absolute Gasteiger partial charge is 0.307 e. The van der Waals surface area contributed by atoms with Gasteiger partial charge in [-0.1, -0.05) is 43.5 Å². The number of benzene rings is 1. The summed E-state index contributed by atoms with van der Waals surface area (Å²) >= 11 is 0. The Labute approximate surface area is 133 Å². The van der Waals surface area contributed by atoms with E-state index < -0.39 is 0 Å². The van der Waals surface area contributed by atoms with Crippen LogP contribution in [0.3, 0.4) is 0 Å². The first kappa shape index (κ1) is 17.8. The number of esters is 1. The van der Waals surface area contributed by atoms with Gasteiger partial charge in [0.1, 0.15) is 12.4 Å². The van der Waals surface area contributed by atoms with Crippen molar-refractivity contribution >= 4 is 5.97 Å². The predicted molar refractivity (Wildman–Crippen MR) is 88.8 cm³/mol. The van der Waals surface area contributed by atoms with Gasteiger partial charge in [0.15, 0.2) is 0 Å². The van der Waals surface area contributed by atoms with E-state index in [1.807, 2.05) is 30.3 Å². The third-order valence-electron chi connectivity index (χ3n) is 3.17. The van der Waals surface area contributed by atoms with Gasteiger partial charge in [-0.3, -0.25) is 4.79 Å². The number of hydrogen-bond donors (Lipinski definition) is 0. The van der Waals surface area contributed by atoms with Crippen LogP contribution in [-0.2, 0) is 9.53 Å². The number of allylic oxidation sites excluding steroid dienone is 1. The van der Waals surface area contributed by atoms with E-state index >= 15 is 0 Å². The first-order valence-electron chi connectivity index (χ1n) is 7.58. The van der Waals surface area contributed by atoms with Crippen LogP contribution in [0.25, 0.3) is 0 Å². The van der Waals surface area contributed by atoms with E-state index in [-0.39, 0.29) is 18.3 Å². The van der Waals surface area contributed by atoms with Crippen LogP contribution >= 0.6 is 0 Å². The summed E-state index contributed by atoms with van der Waals surface area (Å²) in [4.78, 5) is 11.4. The highest BCUT2D eigenvalue weighted by Crippen LogP contribution is 2.22. The molecule has 0 spiro atoms. The van der Waals surface area contributed by atoms with E-state index in [0.717, 1.165) is 24.2 Å². The van der Waals surface area contributed by atoms with Gasteiger partial charge in [0.25, 0.3) is 0 Å². The van der Waals surface area contributed by atoms with Crippen LogP contribution in [0.1, 0.15) is 44.6 Å². The molecule has 0 N–H and O–H groups in total. The van der Waals surface area contributed by atoms with Crippen molar-refractivity contribution in [2.24, 2.45) is 0 Å². The lowest BCUT2D eigenvalue weighted by Crippen LogP contribution is -2.07. The molecule has 1 rings (SSSR count). The van der Waals surface area contributed by atoms with Crippen LogP contribution in [-0.4, -0.2) is 19.7 Å². The van der Waals surface area contributed by atoms with Crippen LogP contribution in [0.15, 0.2) is 36.4 Å². The Kier molecular flexibility index (Phi) is 8.52. The number of rotatable bonds is 8. The highest BCUT2D eigenvalue weighted by Gasteiger charge is 2.14. The number of methoxy groups -OCH3 is 1. The van der Waals surface area contributed by atoms with E-state index in [1.165, 1.54) is 7.11 Å². The van der Waals surface area contributed by atoms with Crippen molar-refractivity contribution in [3.63, 3.8) is 0 Å². The highest BCUT2D eigenvalue weighted by molar-refractivity contribution is 5.71. The molecule has 22 heavy (non-hydrogen) atoms. The average molecular weight is 300 g/mol. The molecular formula is C19H24O3. The molecule has 0 radical (unpaired) electrons. The fourth-order valence-corrected chi connectivity index (χ4v) is 1.97. The molecule has 0 unspecified atom stereocenters. The summed E-state index contributed by atoms with van der Waals surface area (Å²) in [6.45, 7) is 4.48. The second kappa shape index (κ2) is 10.5. The molecule has 0 aliphatic rings. The maximum absolute atomic E-state index is 11.4. The van der Waals surface area contributed by atoms with Gasteiger partial charge in [0.05, 0.1) is 19.4 Å². The molecule has 0 aromatic heterocycles. The molecule has 0 heterocycles. The van der Waals surface area contributed by atoms with Crippen molar-refractivity contribution < 1.29 is 14.3 Å². The zero-order valence-corrected chi connectivity index (χ0v) is 13.6. The Morgan fingerprint density at radius 3 is 2.59 bits per heavy atom. The van der Waals surface area contributed by atoms with E-state index in [1.54, 1.807) is 6.92 Å². The van der Waals surface area contributed by atoms with Crippen molar-refractivity contribution in [1.29, 1.82) is 0 Å². The van der Waals surface area contributed by atoms with Crippen LogP contribution in [0.2, 0.25) is 0 Å². The van der Waals surface area contributed by atoms with E-state index in [9.17, 15) is 4.79 Å². The molecule has 0 amide bonds. The van der Waals surface area contributed by atoms with Gasteiger partial charge < -0.3 is 9.47 Å². The summed E-state index contributed by atoms with van der Waals surface area (Å²) in [5.41, 5.74) is 0.994. The maximum atomic E-state index is 11.4. The van der Waals surface area contributed by atoms with Crippen molar-refractivity contribution in [2.45, 2.75) is 39.0 Å². The van der Waals surface area contributed by atoms with Gasteiger partial charge in [-0.05, 0) is 31.0 Å². The van der Waals surface area contributed by atoms with Crippen molar-refractivity contribution in [3.05, 3.63) is 42.0 Å². The van der Waals surface area contributed by atoms with Gasteiger partial charge in [0, 0.05) is 0 Å². The molecule has 1 aromatic carbocycles. The monoisotopic (exact) mass is 300 g/mol. The molecule has 1 atom stereocenters. The third-order valence-corrected chi connectivity index (χ3v) is 3.17. The SMILES string of the molecule is CC#C[C@@H](CC(=O)OC)c1ccc(OCC=CCCC)cc1. The molecule has 3 heteroatoms. The molecule has 0 aliphatic carbocycles. The Hall–Kier alpha value is -2.21. The molecule has 0 bridgehead atoms. The first-order valence-corrected chi connectivity index (χ1v) is 7.58. The molecule has 3 nitrogen and oxygen atoms in total. The summed E-state index contributed by atoms with van der Waals surface area (Å²) in [5.74, 6) is 6.33. The number of unbranched alkanes of at least 4 members (excludes halogenated alkanes) is 1. The van der Waals surface area contributed by atoms with Gasteiger partial charge in [0.2, 0.25) is 0 Å². The Balaban J connectivity index is 2.64. The van der Waals surface area contributed by atoms with Crippen LogP contribution < -0.4 is 4.74 Å².